The van der Waals surface area contributed by atoms with Gasteiger partial charge in [0, 0.05) is 12.6 Å². The van der Waals surface area contributed by atoms with Gasteiger partial charge in [0.05, 0.1) is 6.26 Å². The molecule has 0 bridgehead atoms. The summed E-state index contributed by atoms with van der Waals surface area (Å²) in [6.45, 7) is 6.22. The van der Waals surface area contributed by atoms with Crippen LogP contribution in [0.2, 0.25) is 0 Å². The molecular formula is C7H18N2O2S. The molecule has 0 rings (SSSR count). The Morgan fingerprint density at radius 2 is 1.83 bits per heavy atom. The summed E-state index contributed by atoms with van der Waals surface area (Å²) in [4.78, 5) is 0. The van der Waals surface area contributed by atoms with Crippen LogP contribution in [0.3, 0.4) is 0 Å². The molecule has 0 amide bonds. The number of hydrogen-bond donors (Lipinski definition) is 2. The van der Waals surface area contributed by atoms with Gasteiger partial charge in [-0.15, -0.1) is 0 Å². The maximum Gasteiger partial charge on any atom is 0.208 e. The van der Waals surface area contributed by atoms with E-state index in [1.54, 1.807) is 0 Å². The smallest absolute Gasteiger partial charge is 0.208 e. The summed E-state index contributed by atoms with van der Waals surface area (Å²) < 4.78 is 23.8. The van der Waals surface area contributed by atoms with Gasteiger partial charge in [-0.05, 0) is 5.41 Å². The summed E-state index contributed by atoms with van der Waals surface area (Å²) in [5, 5.41) is 0. The third-order valence-corrected chi connectivity index (χ3v) is 2.37. The first-order valence-electron chi connectivity index (χ1n) is 3.83. The summed E-state index contributed by atoms with van der Waals surface area (Å²) in [7, 11) is -3.11. The fraction of sp³-hybridized carbons (Fsp3) is 1.00. The fourth-order valence-corrected chi connectivity index (χ4v) is 1.03. The van der Waals surface area contributed by atoms with E-state index in [1.807, 2.05) is 20.8 Å². The Kier molecular flexibility index (Phi) is 3.68. The maximum atomic E-state index is 10.7. The topological polar surface area (TPSA) is 72.2 Å². The predicted octanol–water partition coefficient (Wildman–Crippen LogP) is -0.0910. The first kappa shape index (κ1) is 11.9. The number of hydrogen-bond acceptors (Lipinski definition) is 3. The van der Waals surface area contributed by atoms with Gasteiger partial charge >= 0.3 is 0 Å². The van der Waals surface area contributed by atoms with Crippen LogP contribution in [-0.4, -0.2) is 27.3 Å². The average Bonchev–Trinajstić information content (AvgIpc) is 1.78. The highest BCUT2D eigenvalue weighted by atomic mass is 32.2. The largest absolute Gasteiger partial charge is 0.326 e. The van der Waals surface area contributed by atoms with E-state index in [4.69, 9.17) is 5.73 Å². The Balaban J connectivity index is 3.97. The number of nitrogens with two attached hydrogens (primary N) is 1. The van der Waals surface area contributed by atoms with Crippen LogP contribution in [0.5, 0.6) is 0 Å². The van der Waals surface area contributed by atoms with Crippen molar-refractivity contribution >= 4 is 10.0 Å². The van der Waals surface area contributed by atoms with Gasteiger partial charge in [0.25, 0.3) is 0 Å². The third-order valence-electron chi connectivity index (χ3n) is 1.68. The monoisotopic (exact) mass is 194 g/mol. The number of sulfonamides is 1. The Labute approximate surface area is 74.6 Å². The Bertz CT molecular complexity index is 228. The summed E-state index contributed by atoms with van der Waals surface area (Å²) in [6.07, 6.45) is 1.13. The molecule has 12 heavy (non-hydrogen) atoms. The van der Waals surface area contributed by atoms with Crippen LogP contribution in [-0.2, 0) is 10.0 Å². The van der Waals surface area contributed by atoms with Crippen molar-refractivity contribution in [2.24, 2.45) is 11.1 Å². The molecule has 1 unspecified atom stereocenters. The normalized spacial score (nSPS) is 16.1. The van der Waals surface area contributed by atoms with E-state index in [0.717, 1.165) is 6.26 Å². The molecule has 3 N–H and O–H groups in total. The summed E-state index contributed by atoms with van der Waals surface area (Å²) >= 11 is 0. The highest BCUT2D eigenvalue weighted by molar-refractivity contribution is 7.88. The van der Waals surface area contributed by atoms with E-state index in [9.17, 15) is 8.42 Å². The second-order valence-electron chi connectivity index (χ2n) is 4.09. The molecule has 0 aromatic heterocycles. The van der Waals surface area contributed by atoms with E-state index in [1.165, 1.54) is 0 Å². The first-order valence-corrected chi connectivity index (χ1v) is 5.72. The highest BCUT2D eigenvalue weighted by Gasteiger charge is 2.21. The summed E-state index contributed by atoms with van der Waals surface area (Å²) in [5.41, 5.74) is 5.66. The second-order valence-corrected chi connectivity index (χ2v) is 5.93. The van der Waals surface area contributed by atoms with Crippen LogP contribution in [0.1, 0.15) is 20.8 Å². The van der Waals surface area contributed by atoms with Gasteiger partial charge in [0.15, 0.2) is 0 Å². The average molecular weight is 194 g/mol. The zero-order valence-electron chi connectivity index (χ0n) is 8.09. The van der Waals surface area contributed by atoms with Crippen molar-refractivity contribution in [2.75, 3.05) is 12.8 Å². The summed E-state index contributed by atoms with van der Waals surface area (Å²) in [5.74, 6) is 0. The van der Waals surface area contributed by atoms with Crippen molar-refractivity contribution in [1.29, 1.82) is 0 Å². The third kappa shape index (κ3) is 5.51. The molecule has 0 spiro atoms. The lowest BCUT2D eigenvalue weighted by Crippen LogP contribution is -2.44. The van der Waals surface area contributed by atoms with Gasteiger partial charge in [0.2, 0.25) is 10.0 Å². The van der Waals surface area contributed by atoms with Gasteiger partial charge in [-0.3, -0.25) is 0 Å². The molecule has 5 heteroatoms. The standard InChI is InChI=1S/C7H18N2O2S/c1-7(2,3)6(8)5-9-12(4,10)11/h6,9H,5,8H2,1-4H3. The minimum absolute atomic E-state index is 0.0717. The van der Waals surface area contributed by atoms with Crippen LogP contribution in [0.15, 0.2) is 0 Å². The van der Waals surface area contributed by atoms with E-state index in [2.05, 4.69) is 4.72 Å². The molecule has 0 radical (unpaired) electrons. The Morgan fingerprint density at radius 1 is 1.42 bits per heavy atom. The first-order chi connectivity index (χ1) is 5.13. The van der Waals surface area contributed by atoms with Crippen molar-refractivity contribution in [2.45, 2.75) is 26.8 Å². The molecule has 0 saturated carbocycles. The van der Waals surface area contributed by atoms with E-state index in [-0.39, 0.29) is 11.5 Å². The summed E-state index contributed by atoms with van der Waals surface area (Å²) in [6, 6.07) is -0.160. The van der Waals surface area contributed by atoms with E-state index in [0.29, 0.717) is 6.54 Å². The van der Waals surface area contributed by atoms with Crippen LogP contribution in [0.4, 0.5) is 0 Å². The van der Waals surface area contributed by atoms with Gasteiger partial charge in [-0.2, -0.15) is 0 Å². The Morgan fingerprint density at radius 3 is 2.08 bits per heavy atom. The molecule has 0 heterocycles. The molecule has 0 saturated heterocycles. The molecule has 4 nitrogen and oxygen atoms in total. The van der Waals surface area contributed by atoms with Gasteiger partial charge in [-0.25, -0.2) is 13.1 Å². The van der Waals surface area contributed by atoms with Gasteiger partial charge in [0.1, 0.15) is 0 Å². The SMILES string of the molecule is CC(C)(C)C(N)CNS(C)(=O)=O. The molecule has 0 aliphatic heterocycles. The van der Waals surface area contributed by atoms with Crippen molar-refractivity contribution in [1.82, 2.24) is 4.72 Å². The van der Waals surface area contributed by atoms with E-state index >= 15 is 0 Å². The lowest BCUT2D eigenvalue weighted by atomic mass is 9.88. The molecule has 0 aliphatic carbocycles. The second kappa shape index (κ2) is 3.72. The van der Waals surface area contributed by atoms with Crippen molar-refractivity contribution < 1.29 is 8.42 Å². The zero-order chi connectivity index (χ0) is 9.99. The number of rotatable bonds is 3. The quantitative estimate of drug-likeness (QED) is 0.659. The van der Waals surface area contributed by atoms with Crippen LogP contribution in [0, 0.1) is 5.41 Å². The van der Waals surface area contributed by atoms with Crippen molar-refractivity contribution in [3.63, 3.8) is 0 Å². The lowest BCUT2D eigenvalue weighted by Gasteiger charge is -2.26. The molecule has 0 aliphatic rings. The van der Waals surface area contributed by atoms with Crippen molar-refractivity contribution in [3.05, 3.63) is 0 Å². The molecule has 0 aromatic rings. The molecule has 0 aromatic carbocycles. The van der Waals surface area contributed by atoms with Crippen LogP contribution >= 0.6 is 0 Å². The van der Waals surface area contributed by atoms with Crippen LogP contribution < -0.4 is 10.5 Å². The molecule has 0 fully saturated rings. The molecule has 74 valence electrons. The van der Waals surface area contributed by atoms with E-state index < -0.39 is 10.0 Å². The maximum absolute atomic E-state index is 10.7. The van der Waals surface area contributed by atoms with Gasteiger partial charge in [-0.1, -0.05) is 20.8 Å². The highest BCUT2D eigenvalue weighted by Crippen LogP contribution is 2.16. The van der Waals surface area contributed by atoms with Gasteiger partial charge < -0.3 is 5.73 Å². The minimum Gasteiger partial charge on any atom is -0.326 e. The predicted molar refractivity (Wildman–Crippen MR) is 50.3 cm³/mol. The van der Waals surface area contributed by atoms with Crippen molar-refractivity contribution in [3.8, 4) is 0 Å². The number of nitrogens with one attached hydrogen (secondary N) is 1. The molecular weight excluding hydrogens is 176 g/mol. The van der Waals surface area contributed by atoms with Crippen LogP contribution in [0.25, 0.3) is 0 Å². The lowest BCUT2D eigenvalue weighted by molar-refractivity contribution is 0.320. The minimum atomic E-state index is -3.11. The Hall–Kier alpha value is -0.130. The fourth-order valence-electron chi connectivity index (χ4n) is 0.547. The molecule has 1 atom stereocenters. The zero-order valence-corrected chi connectivity index (χ0v) is 8.90.